The van der Waals surface area contributed by atoms with Crippen LogP contribution in [0.15, 0.2) is 83.0 Å². The number of pyridine rings is 1. The predicted molar refractivity (Wildman–Crippen MR) is 112 cm³/mol. The molecule has 2 aromatic carbocycles. The van der Waals surface area contributed by atoms with Crippen molar-refractivity contribution < 1.29 is 4.74 Å². The summed E-state index contributed by atoms with van der Waals surface area (Å²) >= 11 is 1.53. The zero-order valence-corrected chi connectivity index (χ0v) is 16.4. The zero-order chi connectivity index (χ0) is 19.5. The lowest BCUT2D eigenvalue weighted by Gasteiger charge is -2.17. The van der Waals surface area contributed by atoms with Crippen molar-refractivity contribution in [2.24, 2.45) is 0 Å². The highest BCUT2D eigenvalue weighted by Gasteiger charge is 2.17. The van der Waals surface area contributed by atoms with Crippen molar-refractivity contribution in [1.82, 2.24) is 14.5 Å². The van der Waals surface area contributed by atoms with Gasteiger partial charge in [0, 0.05) is 23.7 Å². The molecule has 4 aromatic rings. The van der Waals surface area contributed by atoms with Gasteiger partial charge in [0.15, 0.2) is 5.16 Å². The molecule has 6 heteroatoms. The van der Waals surface area contributed by atoms with Crippen LogP contribution in [0.5, 0.6) is 5.75 Å². The normalized spacial score (nSPS) is 12.1. The standard InChI is InChI=1S/C22H19N3O2S/c1-15(16-7-6-12-23-14-16)28-22-24-20-11-4-3-10-19(20)21(26)25(22)17-8-5-9-18(13-17)27-2/h3-15H,1-2H3. The van der Waals surface area contributed by atoms with Gasteiger partial charge in [0.25, 0.3) is 5.56 Å². The highest BCUT2D eigenvalue weighted by molar-refractivity contribution is 7.99. The van der Waals surface area contributed by atoms with Crippen LogP contribution in [0.3, 0.4) is 0 Å². The summed E-state index contributed by atoms with van der Waals surface area (Å²) in [5.41, 5.74) is 2.39. The van der Waals surface area contributed by atoms with Gasteiger partial charge in [-0.1, -0.05) is 36.0 Å². The van der Waals surface area contributed by atoms with Crippen LogP contribution in [-0.4, -0.2) is 21.6 Å². The van der Waals surface area contributed by atoms with Crippen LogP contribution in [0.1, 0.15) is 17.7 Å². The number of hydrogen-bond donors (Lipinski definition) is 0. The third-order valence-electron chi connectivity index (χ3n) is 4.49. The molecule has 1 unspecified atom stereocenters. The van der Waals surface area contributed by atoms with Crippen molar-refractivity contribution in [3.05, 3.63) is 89.0 Å². The molecule has 0 fully saturated rings. The molecule has 0 amide bonds. The Hall–Kier alpha value is -3.12. The minimum absolute atomic E-state index is 0.0821. The molecule has 1 atom stereocenters. The first-order valence-corrected chi connectivity index (χ1v) is 9.78. The molecule has 0 aliphatic carbocycles. The van der Waals surface area contributed by atoms with E-state index < -0.39 is 0 Å². The summed E-state index contributed by atoms with van der Waals surface area (Å²) in [5.74, 6) is 0.689. The van der Waals surface area contributed by atoms with E-state index in [4.69, 9.17) is 9.72 Å². The highest BCUT2D eigenvalue weighted by atomic mass is 32.2. The van der Waals surface area contributed by atoms with E-state index in [-0.39, 0.29) is 10.8 Å². The summed E-state index contributed by atoms with van der Waals surface area (Å²) in [7, 11) is 1.61. The van der Waals surface area contributed by atoms with Crippen LogP contribution in [0.2, 0.25) is 0 Å². The van der Waals surface area contributed by atoms with E-state index >= 15 is 0 Å². The number of ether oxygens (including phenoxy) is 1. The van der Waals surface area contributed by atoms with Crippen LogP contribution < -0.4 is 10.3 Å². The number of benzene rings is 2. The highest BCUT2D eigenvalue weighted by Crippen LogP contribution is 2.34. The number of aromatic nitrogens is 3. The quantitative estimate of drug-likeness (QED) is 0.368. The van der Waals surface area contributed by atoms with Crippen LogP contribution >= 0.6 is 11.8 Å². The van der Waals surface area contributed by atoms with Gasteiger partial charge in [-0.25, -0.2) is 4.98 Å². The second kappa shape index (κ2) is 7.86. The van der Waals surface area contributed by atoms with Gasteiger partial charge in [-0.2, -0.15) is 0 Å². The molecule has 2 heterocycles. The summed E-state index contributed by atoms with van der Waals surface area (Å²) in [6.07, 6.45) is 3.59. The van der Waals surface area contributed by atoms with Crippen molar-refractivity contribution in [1.29, 1.82) is 0 Å². The molecule has 5 nitrogen and oxygen atoms in total. The van der Waals surface area contributed by atoms with Gasteiger partial charge in [-0.3, -0.25) is 14.3 Å². The SMILES string of the molecule is COc1cccc(-n2c(SC(C)c3cccnc3)nc3ccccc3c2=O)c1. The first kappa shape index (κ1) is 18.3. The van der Waals surface area contributed by atoms with Crippen LogP contribution in [0.25, 0.3) is 16.6 Å². The predicted octanol–water partition coefficient (Wildman–Crippen LogP) is 4.64. The summed E-state index contributed by atoms with van der Waals surface area (Å²) in [6.45, 7) is 2.08. The van der Waals surface area contributed by atoms with Crippen LogP contribution in [-0.2, 0) is 0 Å². The fourth-order valence-corrected chi connectivity index (χ4v) is 4.05. The Bertz CT molecular complexity index is 1180. The molecular weight excluding hydrogens is 370 g/mol. The van der Waals surface area contributed by atoms with Crippen LogP contribution in [0, 0.1) is 0 Å². The fraction of sp³-hybridized carbons (Fsp3) is 0.136. The topological polar surface area (TPSA) is 57.0 Å². The van der Waals surface area contributed by atoms with E-state index in [1.807, 2.05) is 60.8 Å². The summed E-state index contributed by atoms with van der Waals surface area (Å²) in [5, 5.41) is 1.30. The molecule has 4 rings (SSSR count). The third-order valence-corrected chi connectivity index (χ3v) is 5.60. The van der Waals surface area contributed by atoms with Gasteiger partial charge in [-0.15, -0.1) is 0 Å². The Morgan fingerprint density at radius 1 is 1.07 bits per heavy atom. The van der Waals surface area contributed by atoms with Gasteiger partial charge in [0.1, 0.15) is 5.75 Å². The van der Waals surface area contributed by atoms with E-state index in [1.165, 1.54) is 11.8 Å². The molecule has 0 bridgehead atoms. The summed E-state index contributed by atoms with van der Waals surface area (Å²) in [4.78, 5) is 22.3. The minimum Gasteiger partial charge on any atom is -0.497 e. The molecule has 0 aliphatic heterocycles. The monoisotopic (exact) mass is 389 g/mol. The van der Waals surface area contributed by atoms with Gasteiger partial charge in [-0.05, 0) is 42.8 Å². The van der Waals surface area contributed by atoms with Crippen molar-refractivity contribution in [3.8, 4) is 11.4 Å². The number of nitrogens with zero attached hydrogens (tertiary/aromatic N) is 3. The lowest BCUT2D eigenvalue weighted by atomic mass is 10.2. The summed E-state index contributed by atoms with van der Waals surface area (Å²) < 4.78 is 7.00. The Balaban J connectivity index is 1.89. The average molecular weight is 389 g/mol. The maximum Gasteiger partial charge on any atom is 0.266 e. The molecule has 0 N–H and O–H groups in total. The second-order valence-electron chi connectivity index (χ2n) is 6.30. The smallest absolute Gasteiger partial charge is 0.266 e. The van der Waals surface area contributed by atoms with Crippen molar-refractivity contribution in [2.45, 2.75) is 17.3 Å². The van der Waals surface area contributed by atoms with Gasteiger partial charge >= 0.3 is 0 Å². The Morgan fingerprint density at radius 2 is 1.93 bits per heavy atom. The maximum atomic E-state index is 13.3. The van der Waals surface area contributed by atoms with E-state index in [9.17, 15) is 4.79 Å². The molecule has 28 heavy (non-hydrogen) atoms. The average Bonchev–Trinajstić information content (AvgIpc) is 2.74. The molecule has 0 saturated carbocycles. The zero-order valence-electron chi connectivity index (χ0n) is 15.6. The molecule has 140 valence electrons. The molecule has 0 saturated heterocycles. The number of fused-ring (bicyclic) bond motifs is 1. The minimum atomic E-state index is -0.0975. The van der Waals surface area contributed by atoms with Gasteiger partial charge in [0.05, 0.1) is 23.7 Å². The Kier molecular flexibility index (Phi) is 5.12. The van der Waals surface area contributed by atoms with Gasteiger partial charge in [0.2, 0.25) is 0 Å². The van der Waals surface area contributed by atoms with Gasteiger partial charge < -0.3 is 4.74 Å². The largest absolute Gasteiger partial charge is 0.497 e. The lowest BCUT2D eigenvalue weighted by molar-refractivity contribution is 0.414. The molecule has 0 aliphatic rings. The first-order chi connectivity index (χ1) is 13.7. The summed E-state index contributed by atoms with van der Waals surface area (Å²) in [6, 6.07) is 18.8. The Labute approximate surface area is 167 Å². The van der Waals surface area contributed by atoms with Crippen LogP contribution in [0.4, 0.5) is 0 Å². The second-order valence-corrected chi connectivity index (χ2v) is 7.61. The van der Waals surface area contributed by atoms with E-state index in [0.29, 0.717) is 21.8 Å². The van der Waals surface area contributed by atoms with E-state index in [1.54, 1.807) is 23.9 Å². The number of methoxy groups -OCH3 is 1. The Morgan fingerprint density at radius 3 is 2.71 bits per heavy atom. The fourth-order valence-electron chi connectivity index (χ4n) is 3.01. The molecule has 0 radical (unpaired) electrons. The third kappa shape index (κ3) is 3.51. The number of rotatable bonds is 5. The van der Waals surface area contributed by atoms with Crippen molar-refractivity contribution in [3.63, 3.8) is 0 Å². The molecule has 0 spiro atoms. The number of hydrogen-bond acceptors (Lipinski definition) is 5. The van der Waals surface area contributed by atoms with Crippen molar-refractivity contribution in [2.75, 3.05) is 7.11 Å². The van der Waals surface area contributed by atoms with E-state index in [2.05, 4.69) is 11.9 Å². The van der Waals surface area contributed by atoms with Crippen molar-refractivity contribution >= 4 is 22.7 Å². The lowest BCUT2D eigenvalue weighted by Crippen LogP contribution is -2.22. The number of thioether (sulfide) groups is 1. The maximum absolute atomic E-state index is 13.3. The molecular formula is C22H19N3O2S. The molecule has 2 aromatic heterocycles. The number of para-hydroxylation sites is 1. The first-order valence-electron chi connectivity index (χ1n) is 8.90. The van der Waals surface area contributed by atoms with E-state index in [0.717, 1.165) is 11.3 Å².